The molecule has 0 spiro atoms. The Balaban J connectivity index is 2.53. The Hall–Kier alpha value is -1.10. The lowest BCUT2D eigenvalue weighted by Crippen LogP contribution is -2.39. The molecule has 0 aliphatic carbocycles. The van der Waals surface area contributed by atoms with Crippen LogP contribution in [0.5, 0.6) is 0 Å². The summed E-state index contributed by atoms with van der Waals surface area (Å²) in [7, 11) is 0. The number of hydrogen-bond acceptors (Lipinski definition) is 3. The summed E-state index contributed by atoms with van der Waals surface area (Å²) < 4.78 is 5.18. The Morgan fingerprint density at radius 3 is 2.20 bits per heavy atom. The molecule has 0 aromatic carbocycles. The van der Waals surface area contributed by atoms with Gasteiger partial charge in [-0.3, -0.25) is 4.79 Å². The van der Waals surface area contributed by atoms with E-state index in [4.69, 9.17) is 9.84 Å². The molecule has 1 N–H and O–H groups in total. The number of nitrogens with zero attached hydrogens (tertiary/aromatic N) is 1. The minimum Gasteiger partial charge on any atom is -0.479 e. The van der Waals surface area contributed by atoms with E-state index in [9.17, 15) is 9.59 Å². The molecular formula is C10H17NO4. The average molecular weight is 215 g/mol. The van der Waals surface area contributed by atoms with Crippen LogP contribution in [0.25, 0.3) is 0 Å². The molecule has 0 unspecified atom stereocenters. The van der Waals surface area contributed by atoms with Gasteiger partial charge in [-0.25, -0.2) is 4.79 Å². The molecule has 1 saturated heterocycles. The van der Waals surface area contributed by atoms with Gasteiger partial charge in [-0.2, -0.15) is 0 Å². The Kier molecular flexibility index (Phi) is 4.08. The van der Waals surface area contributed by atoms with Gasteiger partial charge < -0.3 is 14.7 Å². The van der Waals surface area contributed by atoms with E-state index in [-0.39, 0.29) is 5.91 Å². The van der Waals surface area contributed by atoms with E-state index in [0.717, 1.165) is 0 Å². The fourth-order valence-electron chi connectivity index (χ4n) is 1.74. The highest BCUT2D eigenvalue weighted by Gasteiger charge is 2.36. The van der Waals surface area contributed by atoms with E-state index in [1.807, 2.05) is 13.8 Å². The number of ether oxygens (including phenoxy) is 1. The molecule has 0 aromatic heterocycles. The lowest BCUT2D eigenvalue weighted by molar-refractivity contribution is -0.154. The second kappa shape index (κ2) is 5.11. The molecular weight excluding hydrogens is 198 g/mol. The second-order valence-electron chi connectivity index (χ2n) is 3.54. The number of carbonyl (C=O) groups is 2. The molecule has 15 heavy (non-hydrogen) atoms. The zero-order valence-electron chi connectivity index (χ0n) is 9.10. The summed E-state index contributed by atoms with van der Waals surface area (Å²) in [5.41, 5.74) is 0. The molecule has 1 rings (SSSR count). The minimum absolute atomic E-state index is 0.0937. The first-order chi connectivity index (χ1) is 7.10. The third-order valence-electron chi connectivity index (χ3n) is 2.65. The first kappa shape index (κ1) is 12.0. The summed E-state index contributed by atoms with van der Waals surface area (Å²) >= 11 is 0. The van der Waals surface area contributed by atoms with Crippen LogP contribution in [-0.2, 0) is 14.3 Å². The van der Waals surface area contributed by atoms with Crippen LogP contribution < -0.4 is 0 Å². The maximum atomic E-state index is 11.8. The largest absolute Gasteiger partial charge is 0.479 e. The molecule has 0 aromatic rings. The van der Waals surface area contributed by atoms with Gasteiger partial charge in [-0.15, -0.1) is 0 Å². The van der Waals surface area contributed by atoms with Gasteiger partial charge in [0.15, 0.2) is 6.10 Å². The maximum Gasteiger partial charge on any atom is 0.332 e. The SMILES string of the molecule is CCN(CC)C(=O)[C@@H]1CC[C@H](C(=O)O)O1. The van der Waals surface area contributed by atoms with E-state index in [1.165, 1.54) is 0 Å². The van der Waals surface area contributed by atoms with Crippen molar-refractivity contribution < 1.29 is 19.4 Å². The molecule has 1 fully saturated rings. The van der Waals surface area contributed by atoms with Crippen LogP contribution in [0.2, 0.25) is 0 Å². The second-order valence-corrected chi connectivity index (χ2v) is 3.54. The van der Waals surface area contributed by atoms with E-state index < -0.39 is 18.2 Å². The lowest BCUT2D eigenvalue weighted by Gasteiger charge is -2.22. The quantitative estimate of drug-likeness (QED) is 0.741. The monoisotopic (exact) mass is 215 g/mol. The highest BCUT2D eigenvalue weighted by atomic mass is 16.5. The van der Waals surface area contributed by atoms with Crippen LogP contribution in [0.3, 0.4) is 0 Å². The Morgan fingerprint density at radius 1 is 1.27 bits per heavy atom. The van der Waals surface area contributed by atoms with Crippen molar-refractivity contribution in [2.24, 2.45) is 0 Å². The van der Waals surface area contributed by atoms with Crippen molar-refractivity contribution >= 4 is 11.9 Å². The van der Waals surface area contributed by atoms with Crippen LogP contribution in [-0.4, -0.2) is 47.2 Å². The Morgan fingerprint density at radius 2 is 1.80 bits per heavy atom. The van der Waals surface area contributed by atoms with Crippen molar-refractivity contribution in [3.8, 4) is 0 Å². The standard InChI is InChI=1S/C10H17NO4/c1-3-11(4-2)9(12)7-5-6-8(15-7)10(13)14/h7-8H,3-6H2,1-2H3,(H,13,14)/t7-,8+/m0/s1. The highest BCUT2D eigenvalue weighted by molar-refractivity contribution is 5.82. The smallest absolute Gasteiger partial charge is 0.332 e. The van der Waals surface area contributed by atoms with E-state index >= 15 is 0 Å². The molecule has 86 valence electrons. The third-order valence-corrected chi connectivity index (χ3v) is 2.65. The van der Waals surface area contributed by atoms with Crippen molar-refractivity contribution in [3.05, 3.63) is 0 Å². The summed E-state index contributed by atoms with van der Waals surface area (Å²) in [4.78, 5) is 24.1. The van der Waals surface area contributed by atoms with Crippen molar-refractivity contribution in [2.75, 3.05) is 13.1 Å². The first-order valence-electron chi connectivity index (χ1n) is 5.27. The van der Waals surface area contributed by atoms with Crippen molar-refractivity contribution in [1.29, 1.82) is 0 Å². The summed E-state index contributed by atoms with van der Waals surface area (Å²) in [5, 5.41) is 8.72. The number of carboxylic acids is 1. The van der Waals surface area contributed by atoms with Gasteiger partial charge in [-0.1, -0.05) is 0 Å². The maximum absolute atomic E-state index is 11.8. The number of carbonyl (C=O) groups excluding carboxylic acids is 1. The van der Waals surface area contributed by atoms with Crippen LogP contribution in [0, 0.1) is 0 Å². The van der Waals surface area contributed by atoms with Gasteiger partial charge in [-0.05, 0) is 26.7 Å². The van der Waals surface area contributed by atoms with Gasteiger partial charge in [0.25, 0.3) is 5.91 Å². The molecule has 1 aliphatic heterocycles. The third kappa shape index (κ3) is 2.68. The van der Waals surface area contributed by atoms with Gasteiger partial charge in [0.1, 0.15) is 6.10 Å². The molecule has 0 bridgehead atoms. The minimum atomic E-state index is -0.982. The van der Waals surface area contributed by atoms with Gasteiger partial charge in [0.2, 0.25) is 0 Å². The van der Waals surface area contributed by atoms with Crippen LogP contribution >= 0.6 is 0 Å². The van der Waals surface area contributed by atoms with E-state index in [1.54, 1.807) is 4.90 Å². The fraction of sp³-hybridized carbons (Fsp3) is 0.800. The Bertz CT molecular complexity index is 250. The van der Waals surface area contributed by atoms with Crippen LogP contribution in [0.4, 0.5) is 0 Å². The number of rotatable bonds is 4. The highest BCUT2D eigenvalue weighted by Crippen LogP contribution is 2.21. The number of carboxylic acid groups (broad SMARTS) is 1. The lowest BCUT2D eigenvalue weighted by atomic mass is 10.2. The zero-order chi connectivity index (χ0) is 11.4. The number of amides is 1. The topological polar surface area (TPSA) is 66.8 Å². The number of aliphatic carboxylic acids is 1. The van der Waals surface area contributed by atoms with E-state index in [0.29, 0.717) is 25.9 Å². The fourth-order valence-corrected chi connectivity index (χ4v) is 1.74. The summed E-state index contributed by atoms with van der Waals surface area (Å²) in [6.45, 7) is 5.05. The van der Waals surface area contributed by atoms with Crippen molar-refractivity contribution in [1.82, 2.24) is 4.90 Å². The van der Waals surface area contributed by atoms with Crippen molar-refractivity contribution in [2.45, 2.75) is 38.9 Å². The summed E-state index contributed by atoms with van der Waals surface area (Å²) in [6.07, 6.45) is -0.445. The van der Waals surface area contributed by atoms with Crippen LogP contribution in [0.15, 0.2) is 0 Å². The average Bonchev–Trinajstić information content (AvgIpc) is 2.68. The molecule has 0 saturated carbocycles. The molecule has 0 radical (unpaired) electrons. The predicted molar refractivity (Wildman–Crippen MR) is 53.5 cm³/mol. The molecule has 1 aliphatic rings. The molecule has 5 nitrogen and oxygen atoms in total. The normalized spacial score (nSPS) is 25.2. The van der Waals surface area contributed by atoms with E-state index in [2.05, 4.69) is 0 Å². The first-order valence-corrected chi connectivity index (χ1v) is 5.27. The van der Waals surface area contributed by atoms with Crippen molar-refractivity contribution in [3.63, 3.8) is 0 Å². The molecule has 1 amide bonds. The molecule has 1 heterocycles. The Labute approximate surface area is 89.0 Å². The van der Waals surface area contributed by atoms with Crippen LogP contribution in [0.1, 0.15) is 26.7 Å². The number of likely N-dealkylation sites (N-methyl/N-ethyl adjacent to an activating group) is 1. The summed E-state index contributed by atoms with van der Waals surface area (Å²) in [5.74, 6) is -1.08. The van der Waals surface area contributed by atoms with Gasteiger partial charge >= 0.3 is 5.97 Å². The van der Waals surface area contributed by atoms with Gasteiger partial charge in [0.05, 0.1) is 0 Å². The predicted octanol–water partition coefficient (Wildman–Crippen LogP) is 0.487. The number of hydrogen-bond donors (Lipinski definition) is 1. The molecule has 2 atom stereocenters. The summed E-state index contributed by atoms with van der Waals surface area (Å²) in [6, 6.07) is 0. The van der Waals surface area contributed by atoms with Gasteiger partial charge in [0, 0.05) is 13.1 Å². The molecule has 5 heteroatoms. The zero-order valence-corrected chi connectivity index (χ0v) is 9.10.